The van der Waals surface area contributed by atoms with E-state index in [4.69, 9.17) is 5.73 Å². The molecule has 1 atom stereocenters. The summed E-state index contributed by atoms with van der Waals surface area (Å²) in [6, 6.07) is 4.36. The van der Waals surface area contributed by atoms with Gasteiger partial charge in [-0.05, 0) is 25.0 Å². The monoisotopic (exact) mass is 192 g/mol. The van der Waals surface area contributed by atoms with Crippen LogP contribution < -0.4 is 10.6 Å². The molecule has 2 rings (SSSR count). The quantitative estimate of drug-likeness (QED) is 0.744. The molecule has 0 saturated carbocycles. The number of nitrogens with two attached hydrogens (primary N) is 1. The molecule has 14 heavy (non-hydrogen) atoms. The molecule has 4 heteroatoms. The van der Waals surface area contributed by atoms with E-state index in [1.807, 2.05) is 12.1 Å². The van der Waals surface area contributed by atoms with Gasteiger partial charge in [0.1, 0.15) is 0 Å². The molecule has 0 amide bonds. The Morgan fingerprint density at radius 2 is 2.36 bits per heavy atom. The predicted octanol–water partition coefficient (Wildman–Crippen LogP) is 0.576. The summed E-state index contributed by atoms with van der Waals surface area (Å²) in [6.07, 6.45) is 1.99. The van der Waals surface area contributed by atoms with E-state index in [-0.39, 0.29) is 0 Å². The molecule has 1 fully saturated rings. The number of hydrogen-bond donors (Lipinski definition) is 1. The minimum absolute atomic E-state index is 0.294. The van der Waals surface area contributed by atoms with Crippen molar-refractivity contribution in [2.24, 2.45) is 5.73 Å². The Kier molecular flexibility index (Phi) is 2.63. The normalized spacial score (nSPS) is 21.6. The van der Waals surface area contributed by atoms with E-state index in [0.717, 1.165) is 37.4 Å². The predicted molar refractivity (Wildman–Crippen MR) is 56.2 cm³/mol. The van der Waals surface area contributed by atoms with Gasteiger partial charge in [0.25, 0.3) is 0 Å². The lowest BCUT2D eigenvalue weighted by molar-refractivity contribution is 0.750. The van der Waals surface area contributed by atoms with Crippen LogP contribution in [0.15, 0.2) is 12.1 Å². The Balaban J connectivity index is 2.09. The van der Waals surface area contributed by atoms with Crippen molar-refractivity contribution in [3.8, 4) is 0 Å². The van der Waals surface area contributed by atoms with Gasteiger partial charge in [-0.25, -0.2) is 0 Å². The van der Waals surface area contributed by atoms with Crippen molar-refractivity contribution in [1.82, 2.24) is 10.2 Å². The maximum absolute atomic E-state index is 5.83. The van der Waals surface area contributed by atoms with Gasteiger partial charge in [-0.15, -0.1) is 5.10 Å². The first-order chi connectivity index (χ1) is 6.79. The fraction of sp³-hybridized carbons (Fsp3) is 0.600. The van der Waals surface area contributed by atoms with Crippen LogP contribution in [0.2, 0.25) is 0 Å². The Labute approximate surface area is 84.1 Å². The number of aromatic nitrogens is 2. The number of rotatable bonds is 2. The van der Waals surface area contributed by atoms with Crippen LogP contribution in [0.25, 0.3) is 0 Å². The molecule has 1 aromatic heterocycles. The zero-order valence-electron chi connectivity index (χ0n) is 8.48. The number of anilines is 1. The average molecular weight is 192 g/mol. The van der Waals surface area contributed by atoms with Crippen LogP contribution >= 0.6 is 0 Å². The second-order valence-corrected chi connectivity index (χ2v) is 3.73. The third-order valence-corrected chi connectivity index (χ3v) is 2.62. The fourth-order valence-electron chi connectivity index (χ4n) is 1.71. The standard InChI is InChI=1S/C10H16N4/c1-2-9-3-4-10(13-12-9)14-6-5-8(11)7-14/h3-4,8H,2,5-7,11H2,1H3. The summed E-state index contributed by atoms with van der Waals surface area (Å²) in [7, 11) is 0. The van der Waals surface area contributed by atoms with Gasteiger partial charge in [-0.3, -0.25) is 0 Å². The highest BCUT2D eigenvalue weighted by Crippen LogP contribution is 2.16. The first-order valence-electron chi connectivity index (χ1n) is 5.12. The van der Waals surface area contributed by atoms with Crippen LogP contribution in [0.1, 0.15) is 19.0 Å². The van der Waals surface area contributed by atoms with Crippen LogP contribution in [0, 0.1) is 0 Å². The molecule has 76 valence electrons. The third-order valence-electron chi connectivity index (χ3n) is 2.62. The van der Waals surface area contributed by atoms with Crippen LogP contribution in [0.4, 0.5) is 5.82 Å². The molecule has 2 N–H and O–H groups in total. The molecule has 0 radical (unpaired) electrons. The lowest BCUT2D eigenvalue weighted by atomic mass is 10.3. The van der Waals surface area contributed by atoms with Crippen LogP contribution in [0.3, 0.4) is 0 Å². The number of nitrogens with zero attached hydrogens (tertiary/aromatic N) is 3. The summed E-state index contributed by atoms with van der Waals surface area (Å²) in [6.45, 7) is 3.98. The number of hydrogen-bond acceptors (Lipinski definition) is 4. The Hall–Kier alpha value is -1.16. The molecule has 0 aromatic carbocycles. The van der Waals surface area contributed by atoms with Crippen LogP contribution in [-0.2, 0) is 6.42 Å². The smallest absolute Gasteiger partial charge is 0.151 e. The van der Waals surface area contributed by atoms with Crippen molar-refractivity contribution in [1.29, 1.82) is 0 Å². The lowest BCUT2D eigenvalue weighted by Crippen LogP contribution is -2.27. The first kappa shape index (κ1) is 9.40. The summed E-state index contributed by atoms with van der Waals surface area (Å²) < 4.78 is 0. The molecule has 0 spiro atoms. The largest absolute Gasteiger partial charge is 0.354 e. The molecule has 1 unspecified atom stereocenters. The van der Waals surface area contributed by atoms with Crippen molar-refractivity contribution in [3.63, 3.8) is 0 Å². The van der Waals surface area contributed by atoms with E-state index < -0.39 is 0 Å². The molecule has 4 nitrogen and oxygen atoms in total. The minimum Gasteiger partial charge on any atom is -0.354 e. The van der Waals surface area contributed by atoms with Crippen molar-refractivity contribution < 1.29 is 0 Å². The fourth-order valence-corrected chi connectivity index (χ4v) is 1.71. The molecule has 1 aliphatic heterocycles. The highest BCUT2D eigenvalue weighted by atomic mass is 15.3. The second kappa shape index (κ2) is 3.92. The topological polar surface area (TPSA) is 55.0 Å². The molecule has 0 bridgehead atoms. The first-order valence-corrected chi connectivity index (χ1v) is 5.12. The zero-order chi connectivity index (χ0) is 9.97. The van der Waals surface area contributed by atoms with Crippen molar-refractivity contribution >= 4 is 5.82 Å². The Bertz CT molecular complexity index is 295. The Morgan fingerprint density at radius 1 is 1.50 bits per heavy atom. The average Bonchev–Trinajstić information content (AvgIpc) is 2.65. The molecule has 0 aliphatic carbocycles. The van der Waals surface area contributed by atoms with Crippen LogP contribution in [-0.4, -0.2) is 29.3 Å². The van der Waals surface area contributed by atoms with Gasteiger partial charge in [0.05, 0.1) is 5.69 Å². The van der Waals surface area contributed by atoms with E-state index in [1.54, 1.807) is 0 Å². The van der Waals surface area contributed by atoms with Gasteiger partial charge < -0.3 is 10.6 Å². The molecule has 1 aliphatic rings. The van der Waals surface area contributed by atoms with Gasteiger partial charge in [0.2, 0.25) is 0 Å². The maximum atomic E-state index is 5.83. The van der Waals surface area contributed by atoms with Gasteiger partial charge in [-0.1, -0.05) is 6.92 Å². The van der Waals surface area contributed by atoms with E-state index in [0.29, 0.717) is 6.04 Å². The second-order valence-electron chi connectivity index (χ2n) is 3.73. The number of aryl methyl sites for hydroxylation is 1. The molecule has 1 aromatic rings. The Morgan fingerprint density at radius 3 is 2.86 bits per heavy atom. The van der Waals surface area contributed by atoms with Gasteiger partial charge in [0.15, 0.2) is 5.82 Å². The summed E-state index contributed by atoms with van der Waals surface area (Å²) >= 11 is 0. The van der Waals surface area contributed by atoms with E-state index >= 15 is 0 Å². The maximum Gasteiger partial charge on any atom is 0.151 e. The zero-order valence-corrected chi connectivity index (χ0v) is 8.48. The van der Waals surface area contributed by atoms with Crippen LogP contribution in [0.5, 0.6) is 0 Å². The lowest BCUT2D eigenvalue weighted by Gasteiger charge is -2.15. The van der Waals surface area contributed by atoms with Gasteiger partial charge >= 0.3 is 0 Å². The van der Waals surface area contributed by atoms with Gasteiger partial charge in [0, 0.05) is 19.1 Å². The highest BCUT2D eigenvalue weighted by Gasteiger charge is 2.20. The van der Waals surface area contributed by atoms with E-state index in [9.17, 15) is 0 Å². The summed E-state index contributed by atoms with van der Waals surface area (Å²) in [4.78, 5) is 2.19. The summed E-state index contributed by atoms with van der Waals surface area (Å²) in [5.74, 6) is 0.954. The van der Waals surface area contributed by atoms with Crippen molar-refractivity contribution in [2.75, 3.05) is 18.0 Å². The third kappa shape index (κ3) is 1.85. The molecule has 1 saturated heterocycles. The minimum atomic E-state index is 0.294. The van der Waals surface area contributed by atoms with E-state index in [1.165, 1.54) is 0 Å². The van der Waals surface area contributed by atoms with Crippen molar-refractivity contribution in [2.45, 2.75) is 25.8 Å². The SMILES string of the molecule is CCc1ccc(N2CCC(N)C2)nn1. The summed E-state index contributed by atoms with van der Waals surface area (Å²) in [5.41, 5.74) is 6.87. The highest BCUT2D eigenvalue weighted by molar-refractivity contribution is 5.39. The van der Waals surface area contributed by atoms with Gasteiger partial charge in [-0.2, -0.15) is 5.10 Å². The molecular weight excluding hydrogens is 176 g/mol. The molecular formula is C10H16N4. The van der Waals surface area contributed by atoms with E-state index in [2.05, 4.69) is 22.0 Å². The molecule has 2 heterocycles. The summed E-state index contributed by atoms with van der Waals surface area (Å²) in [5, 5.41) is 8.32. The van der Waals surface area contributed by atoms with Crippen molar-refractivity contribution in [3.05, 3.63) is 17.8 Å².